The number of ether oxygens (including phenoxy) is 3. The molecular weight excluding hydrogens is 979 g/mol. The van der Waals surface area contributed by atoms with Gasteiger partial charge in [0.2, 0.25) is 5.91 Å². The van der Waals surface area contributed by atoms with Gasteiger partial charge < -0.3 is 45.1 Å². The molecule has 1 aliphatic rings. The van der Waals surface area contributed by atoms with Crippen molar-refractivity contribution in [3.05, 3.63) is 85.1 Å². The third kappa shape index (κ3) is 44.6. The number of nitrogens with one attached hydrogen (secondary N) is 1. The van der Waals surface area contributed by atoms with E-state index in [-0.39, 0.29) is 18.5 Å². The van der Waals surface area contributed by atoms with Crippen LogP contribution in [0.15, 0.2) is 85.1 Å². The van der Waals surface area contributed by atoms with E-state index in [1.54, 1.807) is 6.08 Å². The Hall–Kier alpha value is -3.16. The highest BCUT2D eigenvalue weighted by molar-refractivity contribution is 5.76. The van der Waals surface area contributed by atoms with E-state index in [1.807, 2.05) is 6.08 Å². The van der Waals surface area contributed by atoms with Crippen molar-refractivity contribution in [1.82, 2.24) is 5.32 Å². The van der Waals surface area contributed by atoms with Gasteiger partial charge in [0.1, 0.15) is 24.4 Å². The summed E-state index contributed by atoms with van der Waals surface area (Å²) in [4.78, 5) is 25.1. The number of amides is 1. The third-order valence-electron chi connectivity index (χ3n) is 14.4. The zero-order chi connectivity index (χ0) is 56.6. The Labute approximate surface area is 476 Å². The summed E-state index contributed by atoms with van der Waals surface area (Å²) in [5.74, 6) is -0.224. The van der Waals surface area contributed by atoms with Crippen LogP contribution in [0.1, 0.15) is 264 Å². The van der Waals surface area contributed by atoms with E-state index in [9.17, 15) is 35.1 Å². The summed E-state index contributed by atoms with van der Waals surface area (Å²) in [6, 6.07) is -0.840. The lowest BCUT2D eigenvalue weighted by Crippen LogP contribution is -2.60. The fourth-order valence-corrected chi connectivity index (χ4v) is 9.42. The molecule has 1 rings (SSSR count). The van der Waals surface area contributed by atoms with E-state index in [4.69, 9.17) is 14.2 Å². The molecule has 7 atom stereocenters. The van der Waals surface area contributed by atoms with Gasteiger partial charge in [0.15, 0.2) is 6.29 Å². The van der Waals surface area contributed by atoms with Crippen LogP contribution in [0.25, 0.3) is 0 Å². The largest absolute Gasteiger partial charge is 0.466 e. The van der Waals surface area contributed by atoms with Crippen molar-refractivity contribution >= 4 is 11.9 Å². The van der Waals surface area contributed by atoms with Gasteiger partial charge in [0.25, 0.3) is 0 Å². The zero-order valence-electron chi connectivity index (χ0n) is 49.6. The van der Waals surface area contributed by atoms with Crippen LogP contribution in [-0.4, -0.2) is 100 Å². The molecule has 0 aliphatic carbocycles. The number of carbonyl (C=O) groups is 2. The molecule has 0 aromatic heterocycles. The molecule has 1 fully saturated rings. The summed E-state index contributed by atoms with van der Waals surface area (Å²) in [6.07, 6.45) is 65.6. The fraction of sp³-hybridized carbons (Fsp3) is 0.761. The standard InChI is InChI=1S/C67H117NO10/c1-3-5-7-9-11-13-15-16-28-32-35-39-43-47-51-55-63(72)76-56-52-48-44-40-36-33-30-27-25-23-21-19-17-18-20-22-24-26-29-31-34-38-42-46-50-54-62(71)68-59(58-77-67-66(75)65(74)64(73)61(57-69)78-67)60(70)53-49-45-41-37-14-12-10-8-6-4-2/h6,8,11,13-14,16,18-21,28,37,49,53,59-61,64-67,69-70,73-75H,3-5,7,9-10,12,15,17,22-27,29-36,38-48,50-52,54-58H2,1-2H3,(H,68,71)/b8-6+,13-11-,20-18-,21-19-,28-16-,37-14+,53-49+. The number of rotatable bonds is 54. The van der Waals surface area contributed by atoms with Crippen molar-refractivity contribution in [2.75, 3.05) is 19.8 Å². The number of allylic oxidation sites excluding steroid dienone is 13. The second kappa shape index (κ2) is 55.7. The number of hydrogen-bond acceptors (Lipinski definition) is 10. The normalized spacial score (nSPS) is 19.1. The van der Waals surface area contributed by atoms with Crippen LogP contribution >= 0.6 is 0 Å². The predicted octanol–water partition coefficient (Wildman–Crippen LogP) is 15.3. The second-order valence-electron chi connectivity index (χ2n) is 21.7. The molecule has 1 amide bonds. The molecule has 0 aromatic rings. The van der Waals surface area contributed by atoms with E-state index in [0.29, 0.717) is 19.4 Å². The fourth-order valence-electron chi connectivity index (χ4n) is 9.42. The summed E-state index contributed by atoms with van der Waals surface area (Å²) in [7, 11) is 0. The van der Waals surface area contributed by atoms with Gasteiger partial charge in [0, 0.05) is 12.8 Å². The van der Waals surface area contributed by atoms with Crippen molar-refractivity contribution in [2.45, 2.75) is 307 Å². The van der Waals surface area contributed by atoms with Crippen LogP contribution < -0.4 is 5.32 Å². The second-order valence-corrected chi connectivity index (χ2v) is 21.7. The quantitative estimate of drug-likeness (QED) is 0.0195. The maximum absolute atomic E-state index is 13.0. The molecule has 78 heavy (non-hydrogen) atoms. The highest BCUT2D eigenvalue weighted by atomic mass is 16.7. The molecule has 450 valence electrons. The third-order valence-corrected chi connectivity index (χ3v) is 14.4. The molecule has 11 heteroatoms. The first-order valence-corrected chi connectivity index (χ1v) is 31.9. The van der Waals surface area contributed by atoms with E-state index in [0.717, 1.165) is 109 Å². The van der Waals surface area contributed by atoms with Gasteiger partial charge in [-0.25, -0.2) is 0 Å². The average molecular weight is 1100 g/mol. The van der Waals surface area contributed by atoms with Crippen LogP contribution in [0.4, 0.5) is 0 Å². The summed E-state index contributed by atoms with van der Waals surface area (Å²) in [5.41, 5.74) is 0. The first-order chi connectivity index (χ1) is 38.2. The minimum absolute atomic E-state index is 0.0174. The van der Waals surface area contributed by atoms with E-state index >= 15 is 0 Å². The molecular formula is C67H117NO10. The summed E-state index contributed by atoms with van der Waals surface area (Å²) in [5, 5.41) is 54.2. The van der Waals surface area contributed by atoms with Crippen molar-refractivity contribution in [3.63, 3.8) is 0 Å². The van der Waals surface area contributed by atoms with Crippen LogP contribution in [0.2, 0.25) is 0 Å². The molecule has 6 N–H and O–H groups in total. The SMILES string of the molecule is CC/C=C/CC/C=C/CC/C=C/C(O)C(COC1OC(CO)C(O)C(O)C1O)NC(=O)CCCCCCCCCCC/C=C\C/C=C\CCCCCCCCCCCOC(=O)CCCCCCC/C=C\C/C=C\CCCCC. The highest BCUT2D eigenvalue weighted by Gasteiger charge is 2.44. The number of unbranched alkanes of at least 4 members (excludes halogenated alkanes) is 28. The Morgan fingerprint density at radius 1 is 0.487 bits per heavy atom. The Morgan fingerprint density at radius 3 is 1.40 bits per heavy atom. The Bertz CT molecular complexity index is 1570. The minimum Gasteiger partial charge on any atom is -0.466 e. The number of esters is 1. The maximum atomic E-state index is 13.0. The van der Waals surface area contributed by atoms with Crippen molar-refractivity contribution < 1.29 is 49.3 Å². The molecule has 11 nitrogen and oxygen atoms in total. The number of aliphatic hydroxyl groups excluding tert-OH is 5. The molecule has 7 unspecified atom stereocenters. The van der Waals surface area contributed by atoms with Crippen molar-refractivity contribution in [3.8, 4) is 0 Å². The maximum Gasteiger partial charge on any atom is 0.305 e. The molecule has 0 spiro atoms. The van der Waals surface area contributed by atoms with Gasteiger partial charge in [-0.3, -0.25) is 9.59 Å². The van der Waals surface area contributed by atoms with Gasteiger partial charge in [-0.1, -0.05) is 221 Å². The van der Waals surface area contributed by atoms with Gasteiger partial charge in [-0.2, -0.15) is 0 Å². The molecule has 0 bridgehead atoms. The monoisotopic (exact) mass is 1100 g/mol. The van der Waals surface area contributed by atoms with Gasteiger partial charge in [-0.15, -0.1) is 0 Å². The topological polar surface area (TPSA) is 175 Å². The smallest absolute Gasteiger partial charge is 0.305 e. The molecule has 1 heterocycles. The molecule has 0 aromatic carbocycles. The lowest BCUT2D eigenvalue weighted by Gasteiger charge is -2.40. The summed E-state index contributed by atoms with van der Waals surface area (Å²) >= 11 is 0. The van der Waals surface area contributed by atoms with Crippen molar-refractivity contribution in [1.29, 1.82) is 0 Å². The zero-order valence-corrected chi connectivity index (χ0v) is 49.6. The Balaban J connectivity index is 2.01. The van der Waals surface area contributed by atoms with Crippen LogP contribution in [0.5, 0.6) is 0 Å². The molecule has 0 saturated carbocycles. The lowest BCUT2D eigenvalue weighted by atomic mass is 9.99. The summed E-state index contributed by atoms with van der Waals surface area (Å²) < 4.78 is 16.7. The molecule has 1 saturated heterocycles. The highest BCUT2D eigenvalue weighted by Crippen LogP contribution is 2.23. The van der Waals surface area contributed by atoms with E-state index in [2.05, 4.69) is 92.1 Å². The van der Waals surface area contributed by atoms with Gasteiger partial charge in [0.05, 0.1) is 32.0 Å². The minimum atomic E-state index is -1.58. The first kappa shape index (κ1) is 72.9. The number of hydrogen-bond donors (Lipinski definition) is 6. The Morgan fingerprint density at radius 2 is 0.910 bits per heavy atom. The van der Waals surface area contributed by atoms with Crippen LogP contribution in [0, 0.1) is 0 Å². The van der Waals surface area contributed by atoms with Gasteiger partial charge in [-0.05, 0) is 116 Å². The van der Waals surface area contributed by atoms with E-state index in [1.165, 1.54) is 128 Å². The lowest BCUT2D eigenvalue weighted by molar-refractivity contribution is -0.302. The van der Waals surface area contributed by atoms with Crippen LogP contribution in [-0.2, 0) is 23.8 Å². The van der Waals surface area contributed by atoms with E-state index < -0.39 is 49.5 Å². The first-order valence-electron chi connectivity index (χ1n) is 31.9. The number of aliphatic hydroxyl groups is 5. The summed E-state index contributed by atoms with van der Waals surface area (Å²) in [6.45, 7) is 4.15. The Kier molecular flexibility index (Phi) is 52.1. The molecule has 0 radical (unpaired) electrons. The van der Waals surface area contributed by atoms with Crippen LogP contribution in [0.3, 0.4) is 0 Å². The van der Waals surface area contributed by atoms with Gasteiger partial charge >= 0.3 is 5.97 Å². The predicted molar refractivity (Wildman–Crippen MR) is 324 cm³/mol. The molecule has 1 aliphatic heterocycles. The number of carbonyl (C=O) groups excluding carboxylic acids is 2. The van der Waals surface area contributed by atoms with Crippen molar-refractivity contribution in [2.24, 2.45) is 0 Å². The average Bonchev–Trinajstić information content (AvgIpc) is 3.45.